The number of piperidine rings is 1. The molecule has 8 heteroatoms. The van der Waals surface area contributed by atoms with Gasteiger partial charge in [0.15, 0.2) is 0 Å². The maximum Gasteiger partial charge on any atom is 0.253 e. The number of anilines is 1. The van der Waals surface area contributed by atoms with E-state index in [-0.39, 0.29) is 23.3 Å². The molecule has 156 valence electrons. The normalized spacial score (nSPS) is 15.9. The average Bonchev–Trinajstić information content (AvgIpc) is 2.77. The van der Waals surface area contributed by atoms with Crippen LogP contribution >= 0.6 is 0 Å². The van der Waals surface area contributed by atoms with Crippen LogP contribution in [-0.4, -0.2) is 42.9 Å². The van der Waals surface area contributed by atoms with Crippen molar-refractivity contribution < 1.29 is 18.4 Å². The van der Waals surface area contributed by atoms with E-state index in [0.717, 1.165) is 0 Å². The minimum atomic E-state index is -0.598. The Labute approximate surface area is 173 Å². The number of carbonyl (C=O) groups excluding carboxylic acids is 2. The van der Waals surface area contributed by atoms with Gasteiger partial charge in [-0.25, -0.2) is 8.78 Å². The van der Waals surface area contributed by atoms with Crippen LogP contribution in [0.25, 0.3) is 0 Å². The van der Waals surface area contributed by atoms with Gasteiger partial charge in [0.05, 0.1) is 11.6 Å². The molecule has 0 bridgehead atoms. The molecule has 0 saturated carbocycles. The van der Waals surface area contributed by atoms with E-state index in [9.17, 15) is 18.4 Å². The Morgan fingerprint density at radius 2 is 1.90 bits per heavy atom. The fourth-order valence-electron chi connectivity index (χ4n) is 3.46. The highest BCUT2D eigenvalue weighted by molar-refractivity contribution is 5.94. The number of amides is 2. The summed E-state index contributed by atoms with van der Waals surface area (Å²) in [6, 6.07) is 11.5. The fraction of sp³-hybridized carbons (Fsp3) is 0.318. The third-order valence-electron chi connectivity index (χ3n) is 5.04. The molecule has 1 saturated heterocycles. The number of likely N-dealkylation sites (tertiary alicyclic amines) is 1. The van der Waals surface area contributed by atoms with Gasteiger partial charge in [-0.15, -0.1) is 0 Å². The summed E-state index contributed by atoms with van der Waals surface area (Å²) in [5, 5.41) is 14.8. The maximum atomic E-state index is 13.6. The van der Waals surface area contributed by atoms with Crippen molar-refractivity contribution in [1.82, 2.24) is 10.2 Å². The molecule has 0 radical (unpaired) electrons. The van der Waals surface area contributed by atoms with Gasteiger partial charge in [-0.3, -0.25) is 9.59 Å². The van der Waals surface area contributed by atoms with Gasteiger partial charge in [0.25, 0.3) is 5.91 Å². The second kappa shape index (κ2) is 9.83. The van der Waals surface area contributed by atoms with E-state index in [2.05, 4.69) is 10.6 Å². The van der Waals surface area contributed by atoms with Crippen LogP contribution in [0, 0.1) is 28.9 Å². The summed E-state index contributed by atoms with van der Waals surface area (Å²) in [4.78, 5) is 26.7. The molecule has 1 unspecified atom stereocenters. The smallest absolute Gasteiger partial charge is 0.253 e. The fourth-order valence-corrected chi connectivity index (χ4v) is 3.46. The predicted octanol–water partition coefficient (Wildman–Crippen LogP) is 2.92. The van der Waals surface area contributed by atoms with Crippen LogP contribution in [-0.2, 0) is 4.79 Å². The van der Waals surface area contributed by atoms with Crippen LogP contribution < -0.4 is 10.6 Å². The van der Waals surface area contributed by atoms with E-state index in [1.54, 1.807) is 11.0 Å². The number of rotatable bonds is 6. The summed E-state index contributed by atoms with van der Waals surface area (Å²) < 4.78 is 26.7. The third kappa shape index (κ3) is 5.11. The Morgan fingerprint density at radius 3 is 2.63 bits per heavy atom. The molecule has 2 aromatic rings. The maximum absolute atomic E-state index is 13.6. The number of halogens is 2. The Morgan fingerprint density at radius 1 is 1.13 bits per heavy atom. The van der Waals surface area contributed by atoms with E-state index < -0.39 is 11.6 Å². The molecule has 2 N–H and O–H groups in total. The molecule has 0 spiro atoms. The second-order valence-electron chi connectivity index (χ2n) is 7.09. The van der Waals surface area contributed by atoms with Crippen molar-refractivity contribution in [3.63, 3.8) is 0 Å². The SMILES string of the molecule is N#Cc1c(F)cccc1NCCNC(=O)C1CCCN(C(=O)c2ccc(F)cc2)C1. The van der Waals surface area contributed by atoms with Gasteiger partial charge >= 0.3 is 0 Å². The van der Waals surface area contributed by atoms with Crippen LogP contribution in [0.5, 0.6) is 0 Å². The standard InChI is InChI=1S/C22H22F2N4O2/c23-17-8-6-15(7-9-17)22(30)28-12-2-3-16(14-28)21(29)27-11-10-26-20-5-1-4-19(24)18(20)13-25/h1,4-9,16,26H,2-3,10-12,14H2,(H,27,29). The molecular formula is C22H22F2N4O2. The first kappa shape index (κ1) is 21.2. The highest BCUT2D eigenvalue weighted by Crippen LogP contribution is 2.20. The summed E-state index contributed by atoms with van der Waals surface area (Å²) in [7, 11) is 0. The van der Waals surface area contributed by atoms with Crippen LogP contribution in [0.15, 0.2) is 42.5 Å². The van der Waals surface area contributed by atoms with E-state index in [1.165, 1.54) is 36.4 Å². The average molecular weight is 412 g/mol. The van der Waals surface area contributed by atoms with Crippen molar-refractivity contribution in [2.75, 3.05) is 31.5 Å². The van der Waals surface area contributed by atoms with Gasteiger partial charge < -0.3 is 15.5 Å². The lowest BCUT2D eigenvalue weighted by atomic mass is 9.96. The summed E-state index contributed by atoms with van der Waals surface area (Å²) >= 11 is 0. The molecule has 1 aliphatic rings. The number of hydrogen-bond donors (Lipinski definition) is 2. The van der Waals surface area contributed by atoms with E-state index in [0.29, 0.717) is 50.3 Å². The van der Waals surface area contributed by atoms with Gasteiger partial charge in [-0.05, 0) is 49.2 Å². The number of nitrogens with one attached hydrogen (secondary N) is 2. The summed E-state index contributed by atoms with van der Waals surface area (Å²) in [6.07, 6.45) is 1.38. The molecule has 6 nitrogen and oxygen atoms in total. The zero-order valence-electron chi connectivity index (χ0n) is 16.3. The quantitative estimate of drug-likeness (QED) is 0.715. The monoisotopic (exact) mass is 412 g/mol. The first-order chi connectivity index (χ1) is 14.5. The number of hydrogen-bond acceptors (Lipinski definition) is 4. The highest BCUT2D eigenvalue weighted by Gasteiger charge is 2.28. The number of carbonyl (C=O) groups is 2. The zero-order chi connectivity index (χ0) is 21.5. The molecule has 0 aliphatic carbocycles. The second-order valence-corrected chi connectivity index (χ2v) is 7.09. The van der Waals surface area contributed by atoms with Crippen LogP contribution in [0.2, 0.25) is 0 Å². The summed E-state index contributed by atoms with van der Waals surface area (Å²) in [5.41, 5.74) is 0.705. The molecule has 2 amide bonds. The van der Waals surface area contributed by atoms with Crippen LogP contribution in [0.3, 0.4) is 0 Å². The molecule has 30 heavy (non-hydrogen) atoms. The van der Waals surface area contributed by atoms with Gasteiger partial charge in [0.1, 0.15) is 23.3 Å². The summed E-state index contributed by atoms with van der Waals surface area (Å²) in [5.74, 6) is -1.71. The Hall–Kier alpha value is -3.47. The zero-order valence-corrected chi connectivity index (χ0v) is 16.3. The lowest BCUT2D eigenvalue weighted by molar-refractivity contribution is -0.126. The first-order valence-electron chi connectivity index (χ1n) is 9.74. The van der Waals surface area contributed by atoms with Crippen molar-refractivity contribution in [3.05, 3.63) is 65.2 Å². The Kier molecular flexibility index (Phi) is 6.96. The number of nitriles is 1. The Balaban J connectivity index is 1.48. The van der Waals surface area contributed by atoms with Crippen molar-refractivity contribution in [2.45, 2.75) is 12.8 Å². The minimum Gasteiger partial charge on any atom is -0.382 e. The molecule has 1 atom stereocenters. The number of benzene rings is 2. The van der Waals surface area contributed by atoms with Crippen LogP contribution in [0.1, 0.15) is 28.8 Å². The Bertz CT molecular complexity index is 957. The van der Waals surface area contributed by atoms with Gasteiger partial charge in [0, 0.05) is 31.7 Å². The van der Waals surface area contributed by atoms with E-state index >= 15 is 0 Å². The van der Waals surface area contributed by atoms with Gasteiger partial charge in [0.2, 0.25) is 5.91 Å². The highest BCUT2D eigenvalue weighted by atomic mass is 19.1. The van der Waals surface area contributed by atoms with Crippen molar-refractivity contribution in [3.8, 4) is 6.07 Å². The van der Waals surface area contributed by atoms with Crippen LogP contribution in [0.4, 0.5) is 14.5 Å². The molecule has 1 fully saturated rings. The molecular weight excluding hydrogens is 390 g/mol. The molecule has 1 aliphatic heterocycles. The molecule has 1 heterocycles. The third-order valence-corrected chi connectivity index (χ3v) is 5.04. The van der Waals surface area contributed by atoms with Crippen molar-refractivity contribution in [1.29, 1.82) is 5.26 Å². The van der Waals surface area contributed by atoms with Crippen molar-refractivity contribution in [2.24, 2.45) is 5.92 Å². The van der Waals surface area contributed by atoms with Gasteiger partial charge in [-0.1, -0.05) is 6.07 Å². The molecule has 3 rings (SSSR count). The topological polar surface area (TPSA) is 85.2 Å². The van der Waals surface area contributed by atoms with E-state index in [4.69, 9.17) is 5.26 Å². The molecule has 2 aromatic carbocycles. The largest absolute Gasteiger partial charge is 0.382 e. The lowest BCUT2D eigenvalue weighted by Gasteiger charge is -2.32. The minimum absolute atomic E-state index is 0.0638. The number of nitrogens with zero attached hydrogens (tertiary/aromatic N) is 2. The predicted molar refractivity (Wildman–Crippen MR) is 108 cm³/mol. The lowest BCUT2D eigenvalue weighted by Crippen LogP contribution is -2.46. The van der Waals surface area contributed by atoms with Gasteiger partial charge in [-0.2, -0.15) is 5.26 Å². The molecule has 0 aromatic heterocycles. The van der Waals surface area contributed by atoms with E-state index in [1.807, 2.05) is 6.07 Å². The van der Waals surface area contributed by atoms with Crippen molar-refractivity contribution >= 4 is 17.5 Å². The summed E-state index contributed by atoms with van der Waals surface area (Å²) in [6.45, 7) is 1.48. The first-order valence-corrected chi connectivity index (χ1v) is 9.74.